The minimum atomic E-state index is -3.78. The summed E-state index contributed by atoms with van der Waals surface area (Å²) in [5.41, 5.74) is 1.56. The first-order chi connectivity index (χ1) is 15.8. The van der Waals surface area contributed by atoms with Crippen molar-refractivity contribution in [1.82, 2.24) is 14.1 Å². The smallest absolute Gasteiger partial charge is 0.258 e. The number of carbonyl (C=O) groups is 1. The predicted molar refractivity (Wildman–Crippen MR) is 128 cm³/mol. The van der Waals surface area contributed by atoms with Crippen LogP contribution in [-0.4, -0.2) is 48.1 Å². The van der Waals surface area contributed by atoms with Crippen LogP contribution in [0.3, 0.4) is 0 Å². The molecular formula is C23H27ClN4O4S. The fourth-order valence-electron chi connectivity index (χ4n) is 3.34. The maximum atomic E-state index is 13.1. The maximum absolute atomic E-state index is 13.1. The van der Waals surface area contributed by atoms with E-state index in [0.717, 1.165) is 5.56 Å². The average molecular weight is 491 g/mol. The van der Waals surface area contributed by atoms with E-state index in [1.54, 1.807) is 49.8 Å². The van der Waals surface area contributed by atoms with Gasteiger partial charge in [-0.1, -0.05) is 43.6 Å². The molecule has 0 aliphatic rings. The molecule has 1 aromatic heterocycles. The van der Waals surface area contributed by atoms with Crippen LogP contribution in [0, 0.1) is 0 Å². The van der Waals surface area contributed by atoms with Crippen LogP contribution in [0.5, 0.6) is 5.75 Å². The number of nitrogens with zero attached hydrogens (tertiary/aromatic N) is 3. The van der Waals surface area contributed by atoms with Gasteiger partial charge < -0.3 is 10.1 Å². The third-order valence-corrected chi connectivity index (χ3v) is 7.45. The molecule has 0 aliphatic carbocycles. The van der Waals surface area contributed by atoms with Gasteiger partial charge in [-0.2, -0.15) is 9.40 Å². The molecule has 8 nitrogen and oxygen atoms in total. The number of ether oxygens (including phenoxy) is 1. The Morgan fingerprint density at radius 2 is 1.88 bits per heavy atom. The van der Waals surface area contributed by atoms with Gasteiger partial charge in [-0.05, 0) is 36.8 Å². The molecule has 10 heteroatoms. The summed E-state index contributed by atoms with van der Waals surface area (Å²) in [5.74, 6) is -0.161. The number of benzene rings is 2. The first-order valence-electron chi connectivity index (χ1n) is 10.6. The molecule has 1 N–H and O–H groups in total. The van der Waals surface area contributed by atoms with Crippen molar-refractivity contribution in [2.45, 2.75) is 32.2 Å². The van der Waals surface area contributed by atoms with Crippen LogP contribution in [0.25, 0.3) is 0 Å². The topological polar surface area (TPSA) is 93.5 Å². The highest BCUT2D eigenvalue weighted by Crippen LogP contribution is 2.30. The Kier molecular flexibility index (Phi) is 8.12. The summed E-state index contributed by atoms with van der Waals surface area (Å²) < 4.78 is 34.7. The van der Waals surface area contributed by atoms with E-state index < -0.39 is 15.9 Å². The SMILES string of the molecule is CCOc1ccc(NC(=O)c2cnn(Cc3ccccc3Cl)c2)cc1S(=O)(=O)N(CC)CC. The lowest BCUT2D eigenvalue weighted by atomic mass is 10.2. The summed E-state index contributed by atoms with van der Waals surface area (Å²) in [6.45, 7) is 6.71. The highest BCUT2D eigenvalue weighted by Gasteiger charge is 2.26. The number of carbonyl (C=O) groups excluding carboxylic acids is 1. The molecular weight excluding hydrogens is 464 g/mol. The molecule has 0 spiro atoms. The molecule has 2 aromatic carbocycles. The van der Waals surface area contributed by atoms with Crippen molar-refractivity contribution in [3.63, 3.8) is 0 Å². The van der Waals surface area contributed by atoms with Gasteiger partial charge in [0, 0.05) is 30.0 Å². The predicted octanol–water partition coefficient (Wildman–Crippen LogP) is 4.27. The quantitative estimate of drug-likeness (QED) is 0.458. The summed E-state index contributed by atoms with van der Waals surface area (Å²) in [4.78, 5) is 12.8. The van der Waals surface area contributed by atoms with Crippen molar-refractivity contribution in [2.24, 2.45) is 0 Å². The molecule has 0 fully saturated rings. The van der Waals surface area contributed by atoms with Gasteiger partial charge in [-0.25, -0.2) is 8.42 Å². The van der Waals surface area contributed by atoms with Crippen LogP contribution in [-0.2, 0) is 16.6 Å². The van der Waals surface area contributed by atoms with E-state index in [0.29, 0.717) is 42.5 Å². The van der Waals surface area contributed by atoms with E-state index in [4.69, 9.17) is 16.3 Å². The van der Waals surface area contributed by atoms with E-state index in [1.165, 1.54) is 16.6 Å². The Morgan fingerprint density at radius 3 is 2.55 bits per heavy atom. The normalized spacial score (nSPS) is 11.5. The summed E-state index contributed by atoms with van der Waals surface area (Å²) in [6, 6.07) is 12.0. The summed E-state index contributed by atoms with van der Waals surface area (Å²) in [5, 5.41) is 7.60. The maximum Gasteiger partial charge on any atom is 0.258 e. The van der Waals surface area contributed by atoms with Gasteiger partial charge in [-0.3, -0.25) is 9.48 Å². The zero-order valence-corrected chi connectivity index (χ0v) is 20.4. The number of anilines is 1. The summed E-state index contributed by atoms with van der Waals surface area (Å²) in [7, 11) is -3.78. The van der Waals surface area contributed by atoms with E-state index in [-0.39, 0.29) is 10.6 Å². The molecule has 0 radical (unpaired) electrons. The Bertz CT molecular complexity index is 1220. The fourth-order valence-corrected chi connectivity index (χ4v) is 5.15. The van der Waals surface area contributed by atoms with Gasteiger partial charge in [0.15, 0.2) is 0 Å². The van der Waals surface area contributed by atoms with Gasteiger partial charge in [-0.15, -0.1) is 0 Å². The molecule has 176 valence electrons. The summed E-state index contributed by atoms with van der Waals surface area (Å²) >= 11 is 6.20. The van der Waals surface area contributed by atoms with Gasteiger partial charge in [0.1, 0.15) is 10.6 Å². The second-order valence-corrected chi connectivity index (χ2v) is 9.47. The number of sulfonamides is 1. The van der Waals surface area contributed by atoms with E-state index >= 15 is 0 Å². The Morgan fingerprint density at radius 1 is 1.15 bits per heavy atom. The lowest BCUT2D eigenvalue weighted by Gasteiger charge is -2.21. The minimum Gasteiger partial charge on any atom is -0.492 e. The van der Waals surface area contributed by atoms with Crippen LogP contribution >= 0.6 is 11.6 Å². The van der Waals surface area contributed by atoms with Crippen molar-refractivity contribution < 1.29 is 17.9 Å². The zero-order chi connectivity index (χ0) is 24.0. The van der Waals surface area contributed by atoms with Crippen molar-refractivity contribution in [2.75, 3.05) is 25.0 Å². The van der Waals surface area contributed by atoms with E-state index in [2.05, 4.69) is 10.4 Å². The third kappa shape index (κ3) is 5.73. The molecule has 0 atom stereocenters. The highest BCUT2D eigenvalue weighted by atomic mass is 35.5. The van der Waals surface area contributed by atoms with Gasteiger partial charge in [0.25, 0.3) is 5.91 Å². The molecule has 0 aliphatic heterocycles. The van der Waals surface area contributed by atoms with Crippen LogP contribution in [0.1, 0.15) is 36.7 Å². The first kappa shape index (κ1) is 24.8. The summed E-state index contributed by atoms with van der Waals surface area (Å²) in [6.07, 6.45) is 3.06. The second-order valence-electron chi connectivity index (χ2n) is 7.16. The van der Waals surface area contributed by atoms with Gasteiger partial charge in [0.2, 0.25) is 10.0 Å². The molecule has 3 rings (SSSR count). The molecule has 0 saturated heterocycles. The molecule has 33 heavy (non-hydrogen) atoms. The Labute approximate surface area is 199 Å². The van der Waals surface area contributed by atoms with Crippen molar-refractivity contribution in [1.29, 1.82) is 0 Å². The molecule has 1 heterocycles. The van der Waals surface area contributed by atoms with E-state index in [9.17, 15) is 13.2 Å². The first-order valence-corrected chi connectivity index (χ1v) is 12.5. The third-order valence-electron chi connectivity index (χ3n) is 5.01. The zero-order valence-electron chi connectivity index (χ0n) is 18.8. The molecule has 0 saturated carbocycles. The Hall–Kier alpha value is -2.88. The van der Waals surface area contributed by atoms with E-state index in [1.807, 2.05) is 18.2 Å². The van der Waals surface area contributed by atoms with Crippen molar-refractivity contribution in [3.8, 4) is 5.75 Å². The number of hydrogen-bond donors (Lipinski definition) is 1. The average Bonchev–Trinajstić information content (AvgIpc) is 3.26. The van der Waals surface area contributed by atoms with Crippen LogP contribution in [0.2, 0.25) is 5.02 Å². The number of aromatic nitrogens is 2. The lowest BCUT2D eigenvalue weighted by molar-refractivity contribution is 0.102. The van der Waals surface area contributed by atoms with Crippen molar-refractivity contribution >= 4 is 33.2 Å². The highest BCUT2D eigenvalue weighted by molar-refractivity contribution is 7.89. The number of nitrogens with one attached hydrogen (secondary N) is 1. The number of amides is 1. The molecule has 0 bridgehead atoms. The second kappa shape index (κ2) is 10.8. The van der Waals surface area contributed by atoms with Crippen LogP contribution < -0.4 is 10.1 Å². The Balaban J connectivity index is 1.83. The van der Waals surface area contributed by atoms with Crippen LogP contribution in [0.4, 0.5) is 5.69 Å². The molecule has 3 aromatic rings. The molecule has 1 amide bonds. The minimum absolute atomic E-state index is 0.0141. The monoisotopic (exact) mass is 490 g/mol. The standard InChI is InChI=1S/C23H27ClN4O4S/c1-4-28(5-2)33(30,31)22-13-19(11-12-21(22)32-6-3)26-23(29)18-14-25-27(16-18)15-17-9-7-8-10-20(17)24/h7-14,16H,4-6,15H2,1-3H3,(H,26,29). The lowest BCUT2D eigenvalue weighted by Crippen LogP contribution is -2.31. The largest absolute Gasteiger partial charge is 0.492 e. The van der Waals surface area contributed by atoms with Crippen molar-refractivity contribution in [3.05, 3.63) is 71.0 Å². The van der Waals surface area contributed by atoms with Crippen LogP contribution in [0.15, 0.2) is 59.8 Å². The number of rotatable bonds is 10. The fraction of sp³-hybridized carbons (Fsp3) is 0.304. The number of hydrogen-bond acceptors (Lipinski definition) is 5. The van der Waals surface area contributed by atoms with Gasteiger partial charge >= 0.3 is 0 Å². The molecule has 0 unspecified atom stereocenters. The number of halogens is 1. The van der Waals surface area contributed by atoms with Gasteiger partial charge in [0.05, 0.1) is 24.9 Å².